The van der Waals surface area contributed by atoms with Gasteiger partial charge in [0.2, 0.25) is 0 Å². The molecule has 6 heteroatoms. The number of ether oxygens (including phenoxy) is 1. The van der Waals surface area contributed by atoms with Gasteiger partial charge in [-0.05, 0) is 18.2 Å². The van der Waals surface area contributed by atoms with Gasteiger partial charge in [0.05, 0.1) is 18.5 Å². The first-order valence-electron chi connectivity index (χ1n) is 9.60. The monoisotopic (exact) mass is 412 g/mol. The second kappa shape index (κ2) is 8.59. The van der Waals surface area contributed by atoms with Crippen LogP contribution in [0.3, 0.4) is 0 Å². The van der Waals surface area contributed by atoms with Gasteiger partial charge < -0.3 is 19.9 Å². The zero-order valence-corrected chi connectivity index (χ0v) is 16.7. The molecule has 31 heavy (non-hydrogen) atoms. The van der Waals surface area contributed by atoms with Crippen molar-refractivity contribution in [2.24, 2.45) is 0 Å². The number of methoxy groups -OCH3 is 1. The number of nitrogens with one attached hydrogen (secondary N) is 1. The van der Waals surface area contributed by atoms with E-state index in [2.05, 4.69) is 4.98 Å². The molecular formula is C25H20N2O4. The average molecular weight is 412 g/mol. The first-order valence-corrected chi connectivity index (χ1v) is 9.60. The number of H-pyrrole nitrogens is 1. The SMILES string of the molecule is COc1ccc(O)c(C(=CC(=O)O)c2nc(-c3ccccc3)c(-c3ccccc3)[nH]2)c1. The van der Waals surface area contributed by atoms with Crippen LogP contribution >= 0.6 is 0 Å². The number of aromatic amines is 1. The van der Waals surface area contributed by atoms with E-state index >= 15 is 0 Å². The molecular weight excluding hydrogens is 392 g/mol. The van der Waals surface area contributed by atoms with Gasteiger partial charge in [-0.25, -0.2) is 9.78 Å². The summed E-state index contributed by atoms with van der Waals surface area (Å²) in [4.78, 5) is 19.6. The van der Waals surface area contributed by atoms with Crippen molar-refractivity contribution in [1.29, 1.82) is 0 Å². The lowest BCUT2D eigenvalue weighted by molar-refractivity contribution is -0.131. The number of phenolic OH excluding ortho intramolecular Hbond substituents is 1. The Balaban J connectivity index is 1.95. The number of imidazole rings is 1. The summed E-state index contributed by atoms with van der Waals surface area (Å²) in [5.41, 5.74) is 3.76. The van der Waals surface area contributed by atoms with E-state index in [0.717, 1.165) is 22.9 Å². The van der Waals surface area contributed by atoms with E-state index in [1.807, 2.05) is 60.7 Å². The summed E-state index contributed by atoms with van der Waals surface area (Å²) in [6, 6.07) is 24.0. The molecule has 0 unspecified atom stereocenters. The molecule has 4 rings (SSSR count). The van der Waals surface area contributed by atoms with Gasteiger partial charge in [0.25, 0.3) is 0 Å². The predicted octanol–water partition coefficient (Wildman–Crippen LogP) is 4.97. The molecule has 3 N–H and O–H groups in total. The van der Waals surface area contributed by atoms with Gasteiger partial charge in [-0.3, -0.25) is 0 Å². The molecule has 0 aliphatic heterocycles. The fraction of sp³-hybridized carbons (Fsp3) is 0.0400. The van der Waals surface area contributed by atoms with Crippen molar-refractivity contribution in [1.82, 2.24) is 9.97 Å². The van der Waals surface area contributed by atoms with Gasteiger partial charge in [0.1, 0.15) is 17.3 Å². The van der Waals surface area contributed by atoms with Crippen molar-refractivity contribution in [3.8, 4) is 34.0 Å². The first kappa shape index (κ1) is 20.0. The van der Waals surface area contributed by atoms with Gasteiger partial charge in [0, 0.05) is 28.3 Å². The van der Waals surface area contributed by atoms with E-state index in [1.165, 1.54) is 13.2 Å². The number of carboxylic acids is 1. The summed E-state index contributed by atoms with van der Waals surface area (Å²) < 4.78 is 5.25. The van der Waals surface area contributed by atoms with Crippen molar-refractivity contribution in [2.75, 3.05) is 7.11 Å². The summed E-state index contributed by atoms with van der Waals surface area (Å²) in [6.07, 6.45) is 1.02. The van der Waals surface area contributed by atoms with Crippen LogP contribution in [0.15, 0.2) is 84.9 Å². The maximum Gasteiger partial charge on any atom is 0.329 e. The molecule has 4 aromatic rings. The molecule has 0 bridgehead atoms. The third-order valence-corrected chi connectivity index (χ3v) is 4.83. The van der Waals surface area contributed by atoms with Crippen LogP contribution in [0.1, 0.15) is 11.4 Å². The lowest BCUT2D eigenvalue weighted by Crippen LogP contribution is -1.98. The van der Waals surface area contributed by atoms with Crippen LogP contribution in [0.2, 0.25) is 0 Å². The Morgan fingerprint density at radius 1 is 0.968 bits per heavy atom. The molecule has 0 radical (unpaired) electrons. The van der Waals surface area contributed by atoms with E-state index in [-0.39, 0.29) is 11.3 Å². The quantitative estimate of drug-likeness (QED) is 0.389. The van der Waals surface area contributed by atoms with Crippen LogP contribution in [0, 0.1) is 0 Å². The van der Waals surface area contributed by atoms with E-state index in [9.17, 15) is 15.0 Å². The minimum atomic E-state index is -1.16. The molecule has 3 aromatic carbocycles. The minimum absolute atomic E-state index is 0.0766. The number of rotatable bonds is 6. The largest absolute Gasteiger partial charge is 0.507 e. The summed E-state index contributed by atoms with van der Waals surface area (Å²) in [5, 5.41) is 20.0. The topological polar surface area (TPSA) is 95.4 Å². The third kappa shape index (κ3) is 4.18. The predicted molar refractivity (Wildman–Crippen MR) is 119 cm³/mol. The number of phenols is 1. The molecule has 1 aromatic heterocycles. The number of nitrogens with zero attached hydrogens (tertiary/aromatic N) is 1. The molecule has 0 spiro atoms. The Kier molecular flexibility index (Phi) is 5.53. The van der Waals surface area contributed by atoms with Gasteiger partial charge in [0.15, 0.2) is 0 Å². The number of aromatic hydroxyl groups is 1. The lowest BCUT2D eigenvalue weighted by Gasteiger charge is -2.09. The van der Waals surface area contributed by atoms with Crippen LogP contribution in [0.4, 0.5) is 0 Å². The summed E-state index contributed by atoms with van der Waals surface area (Å²) >= 11 is 0. The first-order chi connectivity index (χ1) is 15.1. The smallest absolute Gasteiger partial charge is 0.329 e. The van der Waals surface area contributed by atoms with Crippen LogP contribution in [-0.2, 0) is 4.79 Å². The van der Waals surface area contributed by atoms with Crippen molar-refractivity contribution < 1.29 is 19.7 Å². The molecule has 0 amide bonds. The van der Waals surface area contributed by atoms with Crippen LogP contribution in [0.5, 0.6) is 11.5 Å². The lowest BCUT2D eigenvalue weighted by atomic mass is 10.0. The second-order valence-electron chi connectivity index (χ2n) is 6.82. The van der Waals surface area contributed by atoms with Gasteiger partial charge in [-0.2, -0.15) is 0 Å². The Hall–Kier alpha value is -4.32. The van der Waals surface area contributed by atoms with E-state index < -0.39 is 5.97 Å². The van der Waals surface area contributed by atoms with Crippen molar-refractivity contribution >= 4 is 11.5 Å². The highest BCUT2D eigenvalue weighted by Crippen LogP contribution is 2.36. The van der Waals surface area contributed by atoms with Crippen molar-refractivity contribution in [2.45, 2.75) is 0 Å². The van der Waals surface area contributed by atoms with E-state index in [4.69, 9.17) is 9.72 Å². The maximum atomic E-state index is 11.6. The highest BCUT2D eigenvalue weighted by atomic mass is 16.5. The Morgan fingerprint density at radius 2 is 1.61 bits per heavy atom. The molecule has 0 saturated heterocycles. The summed E-state index contributed by atoms with van der Waals surface area (Å²) in [7, 11) is 1.50. The molecule has 0 fully saturated rings. The number of aromatic nitrogens is 2. The number of carboxylic acid groups (broad SMARTS) is 1. The van der Waals surface area contributed by atoms with Crippen molar-refractivity contribution in [3.63, 3.8) is 0 Å². The average Bonchev–Trinajstić information content (AvgIpc) is 3.24. The minimum Gasteiger partial charge on any atom is -0.507 e. The standard InChI is InChI=1S/C25H20N2O4/c1-31-18-12-13-21(28)19(14-18)20(15-22(29)30)25-26-23(16-8-4-2-5-9-16)24(27-25)17-10-6-3-7-11-17/h2-15,28H,1H3,(H,26,27)(H,29,30). The number of aliphatic carboxylic acids is 1. The third-order valence-electron chi connectivity index (χ3n) is 4.83. The molecule has 154 valence electrons. The fourth-order valence-electron chi connectivity index (χ4n) is 3.37. The molecule has 0 aliphatic rings. The Labute approximate surface area is 179 Å². The summed E-state index contributed by atoms with van der Waals surface area (Å²) in [6.45, 7) is 0. The number of carbonyl (C=O) groups is 1. The molecule has 0 saturated carbocycles. The van der Waals surface area contributed by atoms with E-state index in [1.54, 1.807) is 12.1 Å². The number of benzene rings is 3. The number of hydrogen-bond donors (Lipinski definition) is 3. The zero-order valence-electron chi connectivity index (χ0n) is 16.7. The highest BCUT2D eigenvalue weighted by Gasteiger charge is 2.20. The fourth-order valence-corrected chi connectivity index (χ4v) is 3.37. The Morgan fingerprint density at radius 3 is 2.23 bits per heavy atom. The molecule has 1 heterocycles. The summed E-state index contributed by atoms with van der Waals surface area (Å²) in [5.74, 6) is -0.422. The van der Waals surface area contributed by atoms with Gasteiger partial charge in [-0.1, -0.05) is 60.7 Å². The molecule has 0 aliphatic carbocycles. The van der Waals surface area contributed by atoms with Crippen LogP contribution < -0.4 is 4.74 Å². The zero-order chi connectivity index (χ0) is 21.8. The van der Waals surface area contributed by atoms with Crippen LogP contribution in [0.25, 0.3) is 28.1 Å². The van der Waals surface area contributed by atoms with Gasteiger partial charge in [-0.15, -0.1) is 0 Å². The van der Waals surface area contributed by atoms with Crippen molar-refractivity contribution in [3.05, 3.63) is 96.3 Å². The normalized spacial score (nSPS) is 11.3. The Bertz CT molecular complexity index is 1190. The van der Waals surface area contributed by atoms with Crippen LogP contribution in [-0.4, -0.2) is 33.3 Å². The van der Waals surface area contributed by atoms with Gasteiger partial charge >= 0.3 is 5.97 Å². The molecule has 6 nitrogen and oxygen atoms in total. The van der Waals surface area contributed by atoms with E-state index in [0.29, 0.717) is 22.8 Å². The number of hydrogen-bond acceptors (Lipinski definition) is 4. The molecule has 0 atom stereocenters. The second-order valence-corrected chi connectivity index (χ2v) is 6.82. The highest BCUT2D eigenvalue weighted by molar-refractivity contribution is 5.96. The maximum absolute atomic E-state index is 11.6.